The molecule has 16 nitrogen and oxygen atoms in total. The number of benzene rings is 4. The molecule has 0 saturated carbocycles. The van der Waals surface area contributed by atoms with Gasteiger partial charge < -0.3 is 0 Å². The van der Waals surface area contributed by atoms with Crippen LogP contribution in [0.5, 0.6) is 0 Å². The van der Waals surface area contributed by atoms with E-state index in [2.05, 4.69) is 396 Å². The van der Waals surface area contributed by atoms with Crippen molar-refractivity contribution in [3.8, 4) is 44.5 Å². The Balaban J connectivity index is 0.000000108. The second-order valence-corrected chi connectivity index (χ2v) is 36.3. The molecule has 25 heteroatoms. The minimum atomic E-state index is 0. The smallest absolute Gasteiger partial charge is 0.0658 e. The van der Waals surface area contributed by atoms with E-state index in [-0.39, 0.29) is 21.1 Å². The molecule has 20 heterocycles. The van der Waals surface area contributed by atoms with Gasteiger partial charge >= 0.3 is 0 Å². The molecule has 0 amide bonds. The summed E-state index contributed by atoms with van der Waals surface area (Å²) in [6, 6.07) is 100. The Bertz CT molecular complexity index is 7340. The van der Waals surface area contributed by atoms with E-state index in [0.29, 0.717) is 0 Å². The van der Waals surface area contributed by atoms with Gasteiger partial charge in [0.25, 0.3) is 0 Å². The number of hydrogen-bond acceptors (Lipinski definition) is 8. The van der Waals surface area contributed by atoms with E-state index >= 15 is 0 Å². The van der Waals surface area contributed by atoms with Crippen LogP contribution in [-0.4, -0.2) is 68.6 Å². The fraction of sp³-hybridized carbons (Fsp3) is 0. The maximum atomic E-state index is 4.82. The predicted octanol–water partition coefficient (Wildman–Crippen LogP) is 30.3. The van der Waals surface area contributed by atoms with Crippen molar-refractivity contribution in [2.75, 3.05) is 0 Å². The summed E-state index contributed by atoms with van der Waals surface area (Å²) < 4.78 is 16.0. The quantitative estimate of drug-likeness (QED) is 0.169. The summed E-state index contributed by atoms with van der Waals surface area (Å²) in [5.74, 6) is 0. The molecule has 8 aliphatic heterocycles. The molecule has 8 aliphatic rings. The Labute approximate surface area is 822 Å². The summed E-state index contributed by atoms with van der Waals surface area (Å²) >= 11 is 29.8. The van der Waals surface area contributed by atoms with E-state index in [1.54, 1.807) is 0 Å². The fourth-order valence-corrected chi connectivity index (χ4v) is 19.6. The molecule has 0 unspecified atom stereocenters. The van der Waals surface area contributed by atoms with E-state index in [1.165, 1.54) is 0 Å². The molecule has 0 radical (unpaired) electrons. The number of nitrogens with zero attached hydrogens (tertiary/aromatic N) is 16. The van der Waals surface area contributed by atoms with Gasteiger partial charge in [0.15, 0.2) is 0 Å². The Morgan fingerprint density at radius 1 is 0.140 bits per heavy atom. The largest absolute Gasteiger partial charge is 0.277 e. The van der Waals surface area contributed by atoms with Gasteiger partial charge in [-0.05, 0) is 289 Å². The first-order valence-corrected chi connectivity index (χ1v) is 46.3. The van der Waals surface area contributed by atoms with Crippen LogP contribution < -0.4 is 0 Å². The van der Waals surface area contributed by atoms with Crippen LogP contribution in [-0.2, 0) is 21.1 Å². The second-order valence-electron chi connectivity index (χ2n) is 30.6. The summed E-state index contributed by atoms with van der Waals surface area (Å²) in [6.45, 7) is 0. The summed E-state index contributed by atoms with van der Waals surface area (Å²) in [4.78, 5) is 38.5. The molecule has 0 N–H and O–H groups in total. The SMILES string of the molecule is Brn1c2ccc1cc1nc(cc3c(-c4ccccc4)cc(cc4nc(c2)C=C4)n3Br)C=C1.Brn1c2ccc1cc1nc(cc3c(-c4ccccc4)cc(cc4nc(c2)C=C4)n3Br)C=C1.Brn1c2ccc1cc1nc(cc3c(-c4ccccc4)cc(cc4nc(c2)C=C4)n3Br)C=C1.Brn1c2ccc1cc1nc(cc3c(-c4ccccc4)cc(cc4nc(c2)C=C4)n3Br)C=C1.[Pt]. The van der Waals surface area contributed by atoms with Gasteiger partial charge in [0.2, 0.25) is 0 Å². The van der Waals surface area contributed by atoms with Gasteiger partial charge in [-0.25, -0.2) is 39.9 Å². The van der Waals surface area contributed by atoms with Crippen LogP contribution in [0.4, 0.5) is 0 Å². The van der Waals surface area contributed by atoms with Gasteiger partial charge in [0, 0.05) is 43.3 Å². The van der Waals surface area contributed by atoms with Crippen LogP contribution in [0.15, 0.2) is 291 Å². The first-order valence-electron chi connectivity index (χ1n) is 40.6. The average Bonchev–Trinajstić information content (AvgIpc) is 1.64. The molecule has 0 atom stereocenters. The molecular formula is C104H64Br8N16Pt. The number of aromatic nitrogens is 16. The molecule has 129 heavy (non-hydrogen) atoms. The molecule has 32 bridgehead atoms. The molecule has 12 aromatic heterocycles. The second kappa shape index (κ2) is 36.7. The fourth-order valence-electron chi connectivity index (χ4n) is 15.9. The zero-order valence-electron chi connectivity index (χ0n) is 67.4. The van der Waals surface area contributed by atoms with E-state index in [9.17, 15) is 0 Å². The first kappa shape index (κ1) is 84.9. The molecule has 0 aliphatic carbocycles. The van der Waals surface area contributed by atoms with Crippen LogP contribution in [0.2, 0.25) is 0 Å². The Kier molecular flexibility index (Phi) is 24.2. The zero-order valence-corrected chi connectivity index (χ0v) is 82.4. The average molecular weight is 2370 g/mol. The van der Waals surface area contributed by atoms with Gasteiger partial charge in [-0.3, -0.25) is 28.7 Å². The zero-order chi connectivity index (χ0) is 86.6. The monoisotopic (exact) mass is 2360 g/mol. The van der Waals surface area contributed by atoms with Crippen molar-refractivity contribution in [3.63, 3.8) is 0 Å². The molecule has 626 valence electrons. The third-order valence-corrected chi connectivity index (χ3v) is 28.5. The van der Waals surface area contributed by atoms with Gasteiger partial charge in [0.05, 0.1) is 309 Å². The third-order valence-electron chi connectivity index (χ3n) is 22.0. The van der Waals surface area contributed by atoms with E-state index in [4.69, 9.17) is 39.9 Å². The minimum Gasteiger partial charge on any atom is -0.277 e. The first-order chi connectivity index (χ1) is 62.5. The van der Waals surface area contributed by atoms with E-state index < -0.39 is 0 Å². The predicted molar refractivity (Wildman–Crippen MR) is 561 cm³/mol. The molecule has 0 fully saturated rings. The van der Waals surface area contributed by atoms with Crippen LogP contribution in [0.1, 0.15) is 91.1 Å². The van der Waals surface area contributed by atoms with Crippen molar-refractivity contribution in [2.24, 2.45) is 0 Å². The van der Waals surface area contributed by atoms with Crippen LogP contribution in [0, 0.1) is 0 Å². The summed E-state index contributed by atoms with van der Waals surface area (Å²) in [6.07, 6.45) is 32.6. The van der Waals surface area contributed by atoms with Gasteiger partial charge in [0.1, 0.15) is 0 Å². The van der Waals surface area contributed by atoms with E-state index in [1.807, 2.05) is 150 Å². The van der Waals surface area contributed by atoms with Crippen molar-refractivity contribution in [1.82, 2.24) is 68.6 Å². The number of rotatable bonds is 4. The van der Waals surface area contributed by atoms with Crippen LogP contribution >= 0.6 is 129 Å². The minimum absolute atomic E-state index is 0. The summed E-state index contributed by atoms with van der Waals surface area (Å²) in [5, 5.41) is 0. The normalized spacial score (nSPS) is 12.3. The topological polar surface area (TPSA) is 143 Å². The molecule has 0 saturated heterocycles. The Morgan fingerprint density at radius 3 is 0.419 bits per heavy atom. The van der Waals surface area contributed by atoms with Gasteiger partial charge in [-0.1, -0.05) is 121 Å². The maximum Gasteiger partial charge on any atom is 0.0658 e. The Morgan fingerprint density at radius 2 is 0.271 bits per heavy atom. The molecule has 0 spiro atoms. The van der Waals surface area contributed by atoms with Crippen molar-refractivity contribution >= 4 is 315 Å². The maximum absolute atomic E-state index is 4.82. The van der Waals surface area contributed by atoms with Crippen molar-refractivity contribution in [1.29, 1.82) is 0 Å². The summed E-state index contributed by atoms with van der Waals surface area (Å²) in [7, 11) is 0. The number of fused-ring (bicyclic) bond motifs is 32. The van der Waals surface area contributed by atoms with Crippen molar-refractivity contribution in [2.45, 2.75) is 0 Å². The third kappa shape index (κ3) is 18.1. The standard InChI is InChI=1S/4C26H16Br2N4.Pt/c4*27-31-22-10-11-23(31)13-19-8-9-21(30-19)15-26-25(17-4-2-1-3-5-17)16-24(32(26)28)14-20-7-6-18(12-22)29-20;/h4*1-16H;. The number of halogens is 8. The Hall–Kier alpha value is -12.2. The number of hydrogen-bond donors (Lipinski definition) is 0. The van der Waals surface area contributed by atoms with Crippen LogP contribution in [0.3, 0.4) is 0 Å². The summed E-state index contributed by atoms with van der Waals surface area (Å²) in [5.41, 5.74) is 39.9. The van der Waals surface area contributed by atoms with Crippen molar-refractivity contribution in [3.05, 3.63) is 382 Å². The molecule has 24 rings (SSSR count). The molecule has 16 aromatic rings. The molecular weight excluding hydrogens is 2310 g/mol. The van der Waals surface area contributed by atoms with Crippen molar-refractivity contribution < 1.29 is 21.1 Å². The van der Waals surface area contributed by atoms with Gasteiger partial charge in [-0.2, -0.15) is 0 Å². The van der Waals surface area contributed by atoms with Crippen LogP contribution in [0.25, 0.3) is 230 Å². The van der Waals surface area contributed by atoms with E-state index in [0.717, 1.165) is 224 Å². The molecule has 4 aromatic carbocycles. The van der Waals surface area contributed by atoms with Gasteiger partial charge in [-0.15, -0.1) is 0 Å².